The van der Waals surface area contributed by atoms with Gasteiger partial charge in [-0.15, -0.1) is 0 Å². The quantitative estimate of drug-likeness (QED) is 0.233. The van der Waals surface area contributed by atoms with E-state index in [1.165, 1.54) is 0 Å². The van der Waals surface area contributed by atoms with Gasteiger partial charge in [0.05, 0.1) is 11.4 Å². The molecule has 0 saturated carbocycles. The molecule has 204 valence electrons. The SMILES string of the molecule is CCCCc1nc(C)n(-c2ccc3ccccc3c2)c(=O)c1Cc1ccc(-c2ccccc2-c2noc(=O)[nH]2)cc1. The van der Waals surface area contributed by atoms with Gasteiger partial charge in [0.15, 0.2) is 5.82 Å². The molecule has 0 aliphatic heterocycles. The number of nitrogens with one attached hydrogen (secondary N) is 1. The minimum Gasteiger partial charge on any atom is -0.296 e. The van der Waals surface area contributed by atoms with Crippen LogP contribution in [0.4, 0.5) is 0 Å². The molecule has 0 radical (unpaired) electrons. The van der Waals surface area contributed by atoms with Gasteiger partial charge in [-0.3, -0.25) is 18.9 Å². The zero-order valence-corrected chi connectivity index (χ0v) is 23.1. The highest BCUT2D eigenvalue weighted by molar-refractivity contribution is 5.84. The lowest BCUT2D eigenvalue weighted by Crippen LogP contribution is -2.28. The maximum absolute atomic E-state index is 14.1. The highest BCUT2D eigenvalue weighted by Gasteiger charge is 2.17. The Hall–Kier alpha value is -5.04. The number of benzene rings is 4. The summed E-state index contributed by atoms with van der Waals surface area (Å²) in [7, 11) is 0. The van der Waals surface area contributed by atoms with E-state index in [0.717, 1.165) is 69.2 Å². The summed E-state index contributed by atoms with van der Waals surface area (Å²) in [4.78, 5) is 33.2. The minimum absolute atomic E-state index is 0.0247. The lowest BCUT2D eigenvalue weighted by atomic mass is 9.96. The molecule has 0 atom stereocenters. The third-order valence-corrected chi connectivity index (χ3v) is 7.46. The molecule has 0 aliphatic rings. The van der Waals surface area contributed by atoms with Crippen LogP contribution in [-0.2, 0) is 12.8 Å². The number of hydrogen-bond donors (Lipinski definition) is 1. The highest BCUT2D eigenvalue weighted by Crippen LogP contribution is 2.30. The molecule has 1 N–H and O–H groups in total. The first-order chi connectivity index (χ1) is 20.0. The number of hydrogen-bond acceptors (Lipinski definition) is 5. The van der Waals surface area contributed by atoms with Crippen molar-refractivity contribution in [3.63, 3.8) is 0 Å². The van der Waals surface area contributed by atoms with E-state index < -0.39 is 5.76 Å². The number of rotatable bonds is 8. The predicted molar refractivity (Wildman–Crippen MR) is 161 cm³/mol. The summed E-state index contributed by atoms with van der Waals surface area (Å²) in [6.07, 6.45) is 3.25. The van der Waals surface area contributed by atoms with Crippen molar-refractivity contribution in [3.05, 3.63) is 135 Å². The van der Waals surface area contributed by atoms with Gasteiger partial charge in [0.2, 0.25) is 0 Å². The van der Waals surface area contributed by atoms with Crippen LogP contribution in [0.15, 0.2) is 105 Å². The first-order valence-electron chi connectivity index (χ1n) is 13.9. The molecule has 0 aliphatic carbocycles. The maximum atomic E-state index is 14.1. The van der Waals surface area contributed by atoms with E-state index in [4.69, 9.17) is 9.51 Å². The lowest BCUT2D eigenvalue weighted by Gasteiger charge is -2.16. The van der Waals surface area contributed by atoms with Gasteiger partial charge in [-0.05, 0) is 59.4 Å². The van der Waals surface area contributed by atoms with Crippen LogP contribution in [0.1, 0.15) is 42.4 Å². The van der Waals surface area contributed by atoms with E-state index >= 15 is 0 Å². The van der Waals surface area contributed by atoms with E-state index in [0.29, 0.717) is 18.1 Å². The zero-order valence-electron chi connectivity index (χ0n) is 23.1. The van der Waals surface area contributed by atoms with Crippen molar-refractivity contribution in [1.82, 2.24) is 19.7 Å². The topological polar surface area (TPSA) is 93.8 Å². The van der Waals surface area contributed by atoms with Crippen molar-refractivity contribution < 1.29 is 4.52 Å². The third kappa shape index (κ3) is 5.26. The van der Waals surface area contributed by atoms with Gasteiger partial charge < -0.3 is 0 Å². The monoisotopic (exact) mass is 542 g/mol. The maximum Gasteiger partial charge on any atom is 0.439 e. The fraction of sp³-hybridized carbons (Fsp3) is 0.176. The van der Waals surface area contributed by atoms with Crippen LogP contribution in [-0.4, -0.2) is 19.7 Å². The second kappa shape index (κ2) is 11.2. The number of aromatic amines is 1. The number of H-pyrrole nitrogens is 1. The van der Waals surface area contributed by atoms with Gasteiger partial charge >= 0.3 is 5.76 Å². The van der Waals surface area contributed by atoms with Crippen LogP contribution in [0, 0.1) is 6.92 Å². The molecule has 41 heavy (non-hydrogen) atoms. The minimum atomic E-state index is -0.593. The van der Waals surface area contributed by atoms with Gasteiger partial charge in [-0.25, -0.2) is 9.78 Å². The summed E-state index contributed by atoms with van der Waals surface area (Å²) in [5.74, 6) is 0.485. The van der Waals surface area contributed by atoms with Crippen molar-refractivity contribution in [3.8, 4) is 28.2 Å². The van der Waals surface area contributed by atoms with Crippen LogP contribution in [0.5, 0.6) is 0 Å². The number of unbranched alkanes of at least 4 members (excludes halogenated alkanes) is 1. The first kappa shape index (κ1) is 26.2. The van der Waals surface area contributed by atoms with Crippen LogP contribution in [0.2, 0.25) is 0 Å². The molecule has 0 bridgehead atoms. The largest absolute Gasteiger partial charge is 0.439 e. The molecule has 0 saturated heterocycles. The number of aromatic nitrogens is 4. The third-order valence-electron chi connectivity index (χ3n) is 7.46. The Labute approximate surface area is 237 Å². The van der Waals surface area contributed by atoms with E-state index in [9.17, 15) is 9.59 Å². The molecule has 6 aromatic rings. The predicted octanol–water partition coefficient (Wildman–Crippen LogP) is 6.64. The van der Waals surface area contributed by atoms with Crippen LogP contribution < -0.4 is 11.3 Å². The summed E-state index contributed by atoms with van der Waals surface area (Å²) >= 11 is 0. The molecule has 0 unspecified atom stereocenters. The van der Waals surface area contributed by atoms with Gasteiger partial charge in [-0.1, -0.05) is 97.4 Å². The molecule has 0 spiro atoms. The van der Waals surface area contributed by atoms with Crippen molar-refractivity contribution >= 4 is 10.8 Å². The molecule has 0 fully saturated rings. The van der Waals surface area contributed by atoms with Crippen molar-refractivity contribution in [2.75, 3.05) is 0 Å². The molecule has 2 heterocycles. The van der Waals surface area contributed by atoms with Crippen molar-refractivity contribution in [1.29, 1.82) is 0 Å². The summed E-state index contributed by atoms with van der Waals surface area (Å²) < 4.78 is 6.45. The lowest BCUT2D eigenvalue weighted by molar-refractivity contribution is 0.388. The van der Waals surface area contributed by atoms with E-state index in [1.54, 1.807) is 4.57 Å². The van der Waals surface area contributed by atoms with Crippen LogP contribution in [0.25, 0.3) is 39.0 Å². The van der Waals surface area contributed by atoms with Crippen LogP contribution >= 0.6 is 0 Å². The zero-order chi connectivity index (χ0) is 28.3. The summed E-state index contributed by atoms with van der Waals surface area (Å²) in [5.41, 5.74) is 6.07. The smallest absolute Gasteiger partial charge is 0.296 e. The molecule has 7 nitrogen and oxygen atoms in total. The molecule has 4 aromatic carbocycles. The Kier molecular flexibility index (Phi) is 7.17. The van der Waals surface area contributed by atoms with Crippen LogP contribution in [0.3, 0.4) is 0 Å². The van der Waals surface area contributed by atoms with Gasteiger partial charge in [-0.2, -0.15) is 0 Å². The molecule has 2 aromatic heterocycles. The second-order valence-electron chi connectivity index (χ2n) is 10.2. The first-order valence-corrected chi connectivity index (χ1v) is 13.9. The van der Waals surface area contributed by atoms with E-state index in [-0.39, 0.29) is 5.56 Å². The molecule has 0 amide bonds. The summed E-state index contributed by atoms with van der Waals surface area (Å²) in [5, 5.41) is 6.07. The Morgan fingerprint density at radius 1 is 0.854 bits per heavy atom. The highest BCUT2D eigenvalue weighted by atomic mass is 16.5. The fourth-order valence-corrected chi connectivity index (χ4v) is 5.36. The van der Waals surface area contributed by atoms with Crippen molar-refractivity contribution in [2.24, 2.45) is 0 Å². The Bertz CT molecular complexity index is 1970. The fourth-order valence-electron chi connectivity index (χ4n) is 5.36. The molecular formula is C34H30N4O3. The summed E-state index contributed by atoms with van der Waals surface area (Å²) in [6.45, 7) is 4.05. The Morgan fingerprint density at radius 3 is 2.32 bits per heavy atom. The summed E-state index contributed by atoms with van der Waals surface area (Å²) in [6, 6.07) is 30.1. The van der Waals surface area contributed by atoms with Gasteiger partial charge in [0.1, 0.15) is 5.82 Å². The van der Waals surface area contributed by atoms with Gasteiger partial charge in [0, 0.05) is 17.5 Å². The normalized spacial score (nSPS) is 11.3. The van der Waals surface area contributed by atoms with E-state index in [1.807, 2.05) is 79.7 Å². The second-order valence-corrected chi connectivity index (χ2v) is 10.2. The van der Waals surface area contributed by atoms with E-state index in [2.05, 4.69) is 35.3 Å². The van der Waals surface area contributed by atoms with Crippen molar-refractivity contribution in [2.45, 2.75) is 39.5 Å². The standard InChI is InChI=1S/C34H30N4O3/c1-3-4-13-31-30(33(39)38(22(2)35-31)27-19-18-24-9-5-6-10-26(24)21-27)20-23-14-16-25(17-15-23)28-11-7-8-12-29(28)32-36-34(40)41-37-32/h5-12,14-19,21H,3-4,13,20H2,1-2H3,(H,36,37,40). The Morgan fingerprint density at radius 2 is 1.59 bits per heavy atom. The average molecular weight is 543 g/mol. The molecular weight excluding hydrogens is 512 g/mol. The number of nitrogens with zero attached hydrogens (tertiary/aromatic N) is 3. The average Bonchev–Trinajstić information content (AvgIpc) is 3.44. The number of aryl methyl sites for hydroxylation is 2. The molecule has 7 heteroatoms. The Balaban J connectivity index is 1.38. The molecule has 6 rings (SSSR count). The van der Waals surface area contributed by atoms with Gasteiger partial charge in [0.25, 0.3) is 5.56 Å². The number of fused-ring (bicyclic) bond motifs is 1.